The molecule has 0 spiro atoms. The molecule has 28 heavy (non-hydrogen) atoms. The Labute approximate surface area is 171 Å². The second-order valence-corrected chi connectivity index (χ2v) is 8.35. The van der Waals surface area contributed by atoms with Crippen LogP contribution in [0.3, 0.4) is 0 Å². The number of thiazole rings is 1. The van der Waals surface area contributed by atoms with Gasteiger partial charge in [-0.3, -0.25) is 20.2 Å². The van der Waals surface area contributed by atoms with Gasteiger partial charge in [0.2, 0.25) is 6.10 Å². The lowest BCUT2D eigenvalue weighted by atomic mass is 10.1. The molecule has 0 radical (unpaired) electrons. The highest BCUT2D eigenvalue weighted by molar-refractivity contribution is 7.18. The van der Waals surface area contributed by atoms with E-state index in [1.165, 1.54) is 34.8 Å². The second-order valence-electron chi connectivity index (χ2n) is 5.77. The van der Waals surface area contributed by atoms with Crippen LogP contribution in [0.2, 0.25) is 4.34 Å². The number of non-ortho nitro benzene ring substituents is 1. The van der Waals surface area contributed by atoms with Gasteiger partial charge in [-0.15, -0.1) is 22.7 Å². The maximum atomic E-state index is 12.4. The lowest BCUT2D eigenvalue weighted by Crippen LogP contribution is -2.27. The number of carbonyl (C=O) groups is 1. The molecule has 1 N–H and O–H groups in total. The molecule has 0 bridgehead atoms. The maximum Gasteiger partial charge on any atom is 0.270 e. The van der Waals surface area contributed by atoms with Gasteiger partial charge < -0.3 is 4.84 Å². The van der Waals surface area contributed by atoms with Crippen molar-refractivity contribution in [3.63, 3.8) is 0 Å². The summed E-state index contributed by atoms with van der Waals surface area (Å²) in [5.74, 6) is -0.360. The summed E-state index contributed by atoms with van der Waals surface area (Å²) in [5.41, 5.74) is 1.80. The van der Waals surface area contributed by atoms with Gasteiger partial charge in [-0.2, -0.15) is 0 Å². The standard InChI is InChI=1S/C17H11ClN4O4S2/c18-15-5-4-14(28-15)11-7-13(26-21-11)16(23)20-17-19-12(8-27-17)9-2-1-3-10(6-9)22(24)25/h1-6,8,13H,7H2,(H,19,20,23). The minimum Gasteiger partial charge on any atom is -0.382 e. The van der Waals surface area contributed by atoms with Crippen LogP contribution >= 0.6 is 34.3 Å². The zero-order chi connectivity index (χ0) is 19.7. The second kappa shape index (κ2) is 7.66. The smallest absolute Gasteiger partial charge is 0.270 e. The highest BCUT2D eigenvalue weighted by atomic mass is 35.5. The molecule has 11 heteroatoms. The third-order valence-electron chi connectivity index (χ3n) is 3.91. The van der Waals surface area contributed by atoms with Crippen molar-refractivity contribution < 1.29 is 14.6 Å². The fraction of sp³-hybridized carbons (Fsp3) is 0.118. The van der Waals surface area contributed by atoms with Crippen molar-refractivity contribution in [1.82, 2.24) is 4.98 Å². The maximum absolute atomic E-state index is 12.4. The van der Waals surface area contributed by atoms with Crippen molar-refractivity contribution in [2.75, 3.05) is 5.32 Å². The van der Waals surface area contributed by atoms with E-state index in [9.17, 15) is 14.9 Å². The molecule has 1 amide bonds. The molecule has 1 aliphatic heterocycles. The van der Waals surface area contributed by atoms with Gasteiger partial charge in [0.25, 0.3) is 11.6 Å². The van der Waals surface area contributed by atoms with E-state index < -0.39 is 11.0 Å². The molecule has 4 rings (SSSR count). The third kappa shape index (κ3) is 3.88. The number of nitro benzene ring substituents is 1. The van der Waals surface area contributed by atoms with E-state index in [0.717, 1.165) is 4.88 Å². The number of nitrogens with one attached hydrogen (secondary N) is 1. The highest BCUT2D eigenvalue weighted by Crippen LogP contribution is 2.29. The van der Waals surface area contributed by atoms with E-state index in [0.29, 0.717) is 32.9 Å². The Morgan fingerprint density at radius 1 is 1.36 bits per heavy atom. The SMILES string of the molecule is O=C(Nc1nc(-c2cccc([N+](=O)[O-])c2)cs1)C1CC(c2ccc(Cl)s2)=NO1. The van der Waals surface area contributed by atoms with E-state index in [1.54, 1.807) is 23.6 Å². The van der Waals surface area contributed by atoms with Crippen molar-refractivity contribution in [1.29, 1.82) is 0 Å². The Kier molecular flexibility index (Phi) is 5.07. The van der Waals surface area contributed by atoms with E-state index in [2.05, 4.69) is 15.5 Å². The van der Waals surface area contributed by atoms with Gasteiger partial charge in [0.05, 0.1) is 19.8 Å². The minimum absolute atomic E-state index is 0.0196. The number of hydrogen-bond acceptors (Lipinski definition) is 8. The number of thiophene rings is 1. The Morgan fingerprint density at radius 2 is 2.21 bits per heavy atom. The molecule has 2 aromatic heterocycles. The van der Waals surface area contributed by atoms with Gasteiger partial charge in [0.1, 0.15) is 5.71 Å². The van der Waals surface area contributed by atoms with Crippen LogP contribution in [0, 0.1) is 10.1 Å². The van der Waals surface area contributed by atoms with Gasteiger partial charge in [-0.05, 0) is 12.1 Å². The molecule has 1 aromatic carbocycles. The van der Waals surface area contributed by atoms with E-state index in [-0.39, 0.29) is 11.6 Å². The number of benzene rings is 1. The summed E-state index contributed by atoms with van der Waals surface area (Å²) < 4.78 is 0.641. The van der Waals surface area contributed by atoms with Gasteiger partial charge in [0.15, 0.2) is 5.13 Å². The molecule has 0 aliphatic carbocycles. The molecule has 3 heterocycles. The third-order valence-corrected chi connectivity index (χ3v) is 5.94. The first-order valence-corrected chi connectivity index (χ1v) is 10.1. The molecule has 142 valence electrons. The average molecular weight is 435 g/mol. The summed E-state index contributed by atoms with van der Waals surface area (Å²) in [6.45, 7) is 0. The van der Waals surface area contributed by atoms with Gasteiger partial charge >= 0.3 is 0 Å². The average Bonchev–Trinajstić information content (AvgIpc) is 3.42. The number of anilines is 1. The number of aromatic nitrogens is 1. The fourth-order valence-electron chi connectivity index (χ4n) is 2.56. The number of amides is 1. The lowest BCUT2D eigenvalue weighted by Gasteiger charge is -2.06. The van der Waals surface area contributed by atoms with Gasteiger partial charge in [-0.1, -0.05) is 28.9 Å². The monoisotopic (exact) mass is 434 g/mol. The van der Waals surface area contributed by atoms with E-state index in [1.807, 2.05) is 6.07 Å². The summed E-state index contributed by atoms with van der Waals surface area (Å²) in [4.78, 5) is 33.3. The highest BCUT2D eigenvalue weighted by Gasteiger charge is 2.30. The van der Waals surface area contributed by atoms with Crippen LogP contribution < -0.4 is 5.32 Å². The Bertz CT molecular complexity index is 1090. The number of rotatable bonds is 5. The van der Waals surface area contributed by atoms with Crippen LogP contribution in [0.5, 0.6) is 0 Å². The number of carbonyl (C=O) groups excluding carboxylic acids is 1. The first kappa shape index (κ1) is 18.5. The molecule has 8 nitrogen and oxygen atoms in total. The number of nitrogens with zero attached hydrogens (tertiary/aromatic N) is 3. The first-order chi connectivity index (χ1) is 13.5. The van der Waals surface area contributed by atoms with Crippen molar-refractivity contribution in [3.8, 4) is 11.3 Å². The topological polar surface area (TPSA) is 107 Å². The predicted octanol–water partition coefficient (Wildman–Crippen LogP) is 4.56. The molecule has 0 saturated heterocycles. The van der Waals surface area contributed by atoms with Crippen molar-refractivity contribution in [3.05, 3.63) is 61.1 Å². The van der Waals surface area contributed by atoms with Crippen LogP contribution in [0.15, 0.2) is 46.9 Å². The van der Waals surface area contributed by atoms with E-state index >= 15 is 0 Å². The van der Waals surface area contributed by atoms with Crippen molar-refractivity contribution in [2.24, 2.45) is 5.16 Å². The summed E-state index contributed by atoms with van der Waals surface area (Å²) in [5, 5.41) is 19.7. The largest absolute Gasteiger partial charge is 0.382 e. The molecule has 1 atom stereocenters. The number of oxime groups is 1. The zero-order valence-corrected chi connectivity index (χ0v) is 16.4. The predicted molar refractivity (Wildman–Crippen MR) is 108 cm³/mol. The lowest BCUT2D eigenvalue weighted by molar-refractivity contribution is -0.384. The number of nitro groups is 1. The summed E-state index contributed by atoms with van der Waals surface area (Å²) in [6, 6.07) is 9.76. The Hall–Kier alpha value is -2.82. The zero-order valence-electron chi connectivity index (χ0n) is 14.0. The minimum atomic E-state index is -0.749. The molecular weight excluding hydrogens is 424 g/mol. The van der Waals surface area contributed by atoms with Crippen LogP contribution in [-0.4, -0.2) is 27.6 Å². The fourth-order valence-corrected chi connectivity index (χ4v) is 4.32. The summed E-state index contributed by atoms with van der Waals surface area (Å²) in [6.07, 6.45) is -0.410. The molecule has 1 unspecified atom stereocenters. The van der Waals surface area contributed by atoms with E-state index in [4.69, 9.17) is 16.4 Å². The van der Waals surface area contributed by atoms with Crippen molar-refractivity contribution in [2.45, 2.75) is 12.5 Å². The Morgan fingerprint density at radius 3 is 2.96 bits per heavy atom. The number of hydrogen-bond donors (Lipinski definition) is 1. The quantitative estimate of drug-likeness (QED) is 0.467. The van der Waals surface area contributed by atoms with Crippen LogP contribution in [0.1, 0.15) is 11.3 Å². The Balaban J connectivity index is 1.41. The normalized spacial score (nSPS) is 15.8. The van der Waals surface area contributed by atoms with Crippen LogP contribution in [0.4, 0.5) is 10.8 Å². The summed E-state index contributed by atoms with van der Waals surface area (Å²) >= 11 is 8.52. The van der Waals surface area contributed by atoms with Crippen LogP contribution in [0.25, 0.3) is 11.3 Å². The summed E-state index contributed by atoms with van der Waals surface area (Å²) in [7, 11) is 0. The van der Waals surface area contributed by atoms with Gasteiger partial charge in [-0.25, -0.2) is 4.98 Å². The molecule has 1 aliphatic rings. The van der Waals surface area contributed by atoms with Crippen molar-refractivity contribution >= 4 is 56.7 Å². The van der Waals surface area contributed by atoms with Crippen LogP contribution in [-0.2, 0) is 9.63 Å². The first-order valence-electron chi connectivity index (χ1n) is 7.99. The molecule has 3 aromatic rings. The molecular formula is C17H11ClN4O4S2. The molecule has 0 fully saturated rings. The van der Waals surface area contributed by atoms with Gasteiger partial charge in [0, 0.05) is 29.5 Å². The number of halogens is 1. The molecule has 0 saturated carbocycles.